The average molecular weight is 449 g/mol. The molecule has 4 aromatic rings. The molecule has 8 nitrogen and oxygen atoms in total. The molecule has 0 bridgehead atoms. The number of para-hydroxylation sites is 1. The van der Waals surface area contributed by atoms with E-state index in [0.717, 1.165) is 11.3 Å². The third kappa shape index (κ3) is 4.37. The molecule has 0 aliphatic heterocycles. The maximum Gasteiger partial charge on any atom is 0.348 e. The number of esters is 1. The van der Waals surface area contributed by atoms with Gasteiger partial charge in [0.15, 0.2) is 0 Å². The average Bonchev–Trinajstić information content (AvgIpc) is 3.14. The van der Waals surface area contributed by atoms with E-state index in [1.54, 1.807) is 31.2 Å². The fourth-order valence-electron chi connectivity index (χ4n) is 3.15. The first kappa shape index (κ1) is 21.3. The van der Waals surface area contributed by atoms with Crippen LogP contribution in [0.5, 0.6) is 11.5 Å². The van der Waals surface area contributed by atoms with Gasteiger partial charge in [-0.3, -0.25) is 14.2 Å². The van der Waals surface area contributed by atoms with Crippen molar-refractivity contribution in [2.24, 2.45) is 0 Å². The van der Waals surface area contributed by atoms with Crippen LogP contribution >= 0.6 is 11.3 Å². The highest BCUT2D eigenvalue weighted by atomic mass is 32.1. The second-order valence-electron chi connectivity index (χ2n) is 6.89. The van der Waals surface area contributed by atoms with E-state index in [1.165, 1.54) is 18.0 Å². The predicted octanol–water partition coefficient (Wildman–Crippen LogP) is 3.98. The lowest BCUT2D eigenvalue weighted by molar-refractivity contribution is -0.116. The Morgan fingerprint density at radius 1 is 1.06 bits per heavy atom. The molecule has 9 heteroatoms. The molecule has 0 radical (unpaired) electrons. The largest absolute Gasteiger partial charge is 0.465 e. The fourth-order valence-corrected chi connectivity index (χ4v) is 4.20. The van der Waals surface area contributed by atoms with E-state index >= 15 is 0 Å². The summed E-state index contributed by atoms with van der Waals surface area (Å²) in [7, 11) is 1.28. The van der Waals surface area contributed by atoms with E-state index in [4.69, 9.17) is 9.47 Å². The van der Waals surface area contributed by atoms with Crippen molar-refractivity contribution >= 4 is 39.1 Å². The molecular formula is C23H19N3O5S. The molecule has 0 fully saturated rings. The number of carbonyl (C=O) groups excluding carboxylic acids is 2. The van der Waals surface area contributed by atoms with Gasteiger partial charge in [0.25, 0.3) is 5.56 Å². The zero-order chi connectivity index (χ0) is 22.7. The highest BCUT2D eigenvalue weighted by Gasteiger charge is 2.20. The molecule has 2 aromatic heterocycles. The summed E-state index contributed by atoms with van der Waals surface area (Å²) < 4.78 is 11.7. The summed E-state index contributed by atoms with van der Waals surface area (Å²) in [6.07, 6.45) is 1.30. The Morgan fingerprint density at radius 3 is 2.44 bits per heavy atom. The standard InChI is InChI=1S/C23H19N3O5S/c1-14-19-21(32-20(14)23(29)30-2)24-13-26(22(19)28)12-18(27)25-15-8-10-17(11-9-15)31-16-6-4-3-5-7-16/h3-11,13H,12H2,1-2H3,(H,25,27). The second-order valence-corrected chi connectivity index (χ2v) is 7.89. The Bertz CT molecular complexity index is 1340. The van der Waals surface area contributed by atoms with E-state index < -0.39 is 5.97 Å². The van der Waals surface area contributed by atoms with Gasteiger partial charge in [-0.1, -0.05) is 18.2 Å². The number of rotatable bonds is 6. The van der Waals surface area contributed by atoms with Gasteiger partial charge in [-0.05, 0) is 48.9 Å². The molecule has 0 aliphatic rings. The third-order valence-electron chi connectivity index (χ3n) is 4.72. The van der Waals surface area contributed by atoms with Crippen LogP contribution in [-0.2, 0) is 16.1 Å². The Labute approximate surface area is 187 Å². The Balaban J connectivity index is 1.47. The van der Waals surface area contributed by atoms with E-state index in [9.17, 15) is 14.4 Å². The van der Waals surface area contributed by atoms with Crippen LogP contribution in [0, 0.1) is 6.92 Å². The summed E-state index contributed by atoms with van der Waals surface area (Å²) >= 11 is 1.09. The predicted molar refractivity (Wildman–Crippen MR) is 122 cm³/mol. The molecule has 0 saturated heterocycles. The number of nitrogens with zero attached hydrogens (tertiary/aromatic N) is 2. The molecule has 0 atom stereocenters. The zero-order valence-corrected chi connectivity index (χ0v) is 18.1. The number of fused-ring (bicyclic) bond motifs is 1. The monoisotopic (exact) mass is 449 g/mol. The maximum atomic E-state index is 12.9. The molecule has 0 unspecified atom stereocenters. The van der Waals surface area contributed by atoms with Crippen molar-refractivity contribution in [1.29, 1.82) is 0 Å². The van der Waals surface area contributed by atoms with Crippen molar-refractivity contribution in [2.45, 2.75) is 13.5 Å². The summed E-state index contributed by atoms with van der Waals surface area (Å²) in [4.78, 5) is 42.2. The van der Waals surface area contributed by atoms with Crippen molar-refractivity contribution in [1.82, 2.24) is 9.55 Å². The van der Waals surface area contributed by atoms with Crippen molar-refractivity contribution in [3.05, 3.63) is 81.7 Å². The van der Waals surface area contributed by atoms with Crippen molar-refractivity contribution < 1.29 is 19.1 Å². The quantitative estimate of drug-likeness (QED) is 0.447. The molecule has 0 saturated carbocycles. The number of ether oxygens (including phenoxy) is 2. The third-order valence-corrected chi connectivity index (χ3v) is 5.90. The summed E-state index contributed by atoms with van der Waals surface area (Å²) in [6, 6.07) is 16.3. The van der Waals surface area contributed by atoms with E-state index in [0.29, 0.717) is 37.8 Å². The van der Waals surface area contributed by atoms with Gasteiger partial charge in [0, 0.05) is 5.69 Å². The molecular weight excluding hydrogens is 430 g/mol. The Kier molecular flexibility index (Phi) is 6.00. The molecule has 32 heavy (non-hydrogen) atoms. The van der Waals surface area contributed by atoms with Crippen LogP contribution in [0.2, 0.25) is 0 Å². The van der Waals surface area contributed by atoms with Crippen LogP contribution in [0.15, 0.2) is 65.7 Å². The first-order chi connectivity index (χ1) is 15.5. The molecule has 1 amide bonds. The second kappa shape index (κ2) is 9.03. The van der Waals surface area contributed by atoms with Gasteiger partial charge < -0.3 is 14.8 Å². The number of hydrogen-bond donors (Lipinski definition) is 1. The smallest absolute Gasteiger partial charge is 0.348 e. The fraction of sp³-hybridized carbons (Fsp3) is 0.130. The number of hydrogen-bond acceptors (Lipinski definition) is 7. The lowest BCUT2D eigenvalue weighted by Crippen LogP contribution is -2.27. The first-order valence-electron chi connectivity index (χ1n) is 9.66. The summed E-state index contributed by atoms with van der Waals surface area (Å²) in [6.45, 7) is 1.45. The number of methoxy groups -OCH3 is 1. The molecule has 2 aromatic carbocycles. The SMILES string of the molecule is COC(=O)c1sc2ncn(CC(=O)Nc3ccc(Oc4ccccc4)cc3)c(=O)c2c1C. The molecule has 0 spiro atoms. The summed E-state index contributed by atoms with van der Waals surface area (Å²) in [5, 5.41) is 3.06. The van der Waals surface area contributed by atoms with Gasteiger partial charge in [0.1, 0.15) is 27.8 Å². The number of nitrogens with one attached hydrogen (secondary N) is 1. The van der Waals surface area contributed by atoms with E-state index in [1.807, 2.05) is 30.3 Å². The van der Waals surface area contributed by atoms with Crippen molar-refractivity contribution in [2.75, 3.05) is 12.4 Å². The number of carbonyl (C=O) groups is 2. The van der Waals surface area contributed by atoms with Crippen molar-refractivity contribution in [3.63, 3.8) is 0 Å². The number of thiophene rings is 1. The van der Waals surface area contributed by atoms with Crippen LogP contribution in [0.25, 0.3) is 10.2 Å². The number of aromatic nitrogens is 2. The number of aryl methyl sites for hydroxylation is 1. The summed E-state index contributed by atoms with van der Waals surface area (Å²) in [5.74, 6) is 0.444. The Morgan fingerprint density at radius 2 is 1.75 bits per heavy atom. The molecule has 1 N–H and O–H groups in total. The number of amides is 1. The van der Waals surface area contributed by atoms with Gasteiger partial charge in [-0.25, -0.2) is 9.78 Å². The molecule has 162 valence electrons. The van der Waals surface area contributed by atoms with E-state index in [2.05, 4.69) is 10.3 Å². The van der Waals surface area contributed by atoms with Crippen LogP contribution in [-0.4, -0.2) is 28.5 Å². The topological polar surface area (TPSA) is 99.5 Å². The van der Waals surface area contributed by atoms with Crippen LogP contribution < -0.4 is 15.6 Å². The van der Waals surface area contributed by atoms with Gasteiger partial charge in [-0.2, -0.15) is 0 Å². The van der Waals surface area contributed by atoms with E-state index in [-0.39, 0.29) is 18.0 Å². The zero-order valence-electron chi connectivity index (χ0n) is 17.3. The first-order valence-corrected chi connectivity index (χ1v) is 10.5. The number of anilines is 1. The van der Waals surface area contributed by atoms with Gasteiger partial charge in [0.05, 0.1) is 18.8 Å². The highest BCUT2D eigenvalue weighted by molar-refractivity contribution is 7.20. The van der Waals surface area contributed by atoms with Gasteiger partial charge >= 0.3 is 5.97 Å². The molecule has 4 rings (SSSR count). The lowest BCUT2D eigenvalue weighted by Gasteiger charge is -2.09. The van der Waals surface area contributed by atoms with Crippen LogP contribution in [0.1, 0.15) is 15.2 Å². The van der Waals surface area contributed by atoms with Crippen LogP contribution in [0.3, 0.4) is 0 Å². The Hall–Kier alpha value is -3.98. The highest BCUT2D eigenvalue weighted by Crippen LogP contribution is 2.27. The minimum absolute atomic E-state index is 0.215. The number of benzene rings is 2. The maximum absolute atomic E-state index is 12.9. The minimum Gasteiger partial charge on any atom is -0.465 e. The lowest BCUT2D eigenvalue weighted by atomic mass is 10.2. The van der Waals surface area contributed by atoms with Crippen LogP contribution in [0.4, 0.5) is 5.69 Å². The van der Waals surface area contributed by atoms with Gasteiger partial charge in [0.2, 0.25) is 5.91 Å². The van der Waals surface area contributed by atoms with Gasteiger partial charge in [-0.15, -0.1) is 11.3 Å². The van der Waals surface area contributed by atoms with Crippen molar-refractivity contribution in [3.8, 4) is 11.5 Å². The summed E-state index contributed by atoms with van der Waals surface area (Å²) in [5.41, 5.74) is 0.677. The molecule has 2 heterocycles. The minimum atomic E-state index is -0.520. The normalized spacial score (nSPS) is 10.7. The molecule has 0 aliphatic carbocycles.